The van der Waals surface area contributed by atoms with Crippen LogP contribution in [0.2, 0.25) is 0 Å². The molecule has 7 heteroatoms. The summed E-state index contributed by atoms with van der Waals surface area (Å²) in [5.41, 5.74) is 5.73. The average Bonchev–Trinajstić information content (AvgIpc) is 2.20. The van der Waals surface area contributed by atoms with Gasteiger partial charge in [0.25, 0.3) is 0 Å². The number of benzene rings is 1. The summed E-state index contributed by atoms with van der Waals surface area (Å²) in [7, 11) is -3.92. The van der Waals surface area contributed by atoms with Gasteiger partial charge in [0.05, 0.1) is 4.47 Å². The van der Waals surface area contributed by atoms with E-state index in [-0.39, 0.29) is 16.2 Å². The summed E-state index contributed by atoms with van der Waals surface area (Å²) in [6.45, 7) is 5.72. The van der Waals surface area contributed by atoms with Crippen LogP contribution in [-0.4, -0.2) is 14.5 Å². The molecule has 0 spiro atoms. The monoisotopic (exact) mass is 352 g/mol. The molecule has 0 aliphatic rings. The third-order valence-electron chi connectivity index (χ3n) is 2.49. The van der Waals surface area contributed by atoms with Gasteiger partial charge in [-0.25, -0.2) is 17.5 Å². The van der Waals surface area contributed by atoms with E-state index < -0.39 is 20.7 Å². The van der Waals surface area contributed by atoms with Crippen molar-refractivity contribution >= 4 is 31.6 Å². The van der Waals surface area contributed by atoms with Crippen LogP contribution in [0.15, 0.2) is 21.5 Å². The molecule has 1 atom stereocenters. The first-order valence-electron chi connectivity index (χ1n) is 5.90. The summed E-state index contributed by atoms with van der Waals surface area (Å²) in [6, 6.07) is 2.17. The van der Waals surface area contributed by atoms with Gasteiger partial charge in [-0.3, -0.25) is 0 Å². The molecule has 0 saturated heterocycles. The van der Waals surface area contributed by atoms with Gasteiger partial charge in [-0.2, -0.15) is 0 Å². The Morgan fingerprint density at radius 2 is 1.95 bits per heavy atom. The molecule has 1 aromatic carbocycles. The zero-order chi connectivity index (χ0) is 14.8. The molecular weight excluding hydrogens is 335 g/mol. The molecule has 108 valence electrons. The quantitative estimate of drug-likeness (QED) is 0.800. The van der Waals surface area contributed by atoms with Crippen molar-refractivity contribution in [2.75, 3.05) is 5.73 Å². The Morgan fingerprint density at radius 3 is 2.47 bits per heavy atom. The fourth-order valence-corrected chi connectivity index (χ4v) is 3.86. The Kier molecular flexibility index (Phi) is 5.34. The van der Waals surface area contributed by atoms with E-state index in [1.807, 2.05) is 13.8 Å². The lowest BCUT2D eigenvalue weighted by Crippen LogP contribution is -2.34. The molecule has 0 fully saturated rings. The van der Waals surface area contributed by atoms with E-state index in [1.165, 1.54) is 6.07 Å². The molecule has 1 unspecified atom stereocenters. The number of nitrogens with two attached hydrogens (primary N) is 1. The van der Waals surface area contributed by atoms with E-state index in [2.05, 4.69) is 20.7 Å². The molecule has 0 bridgehead atoms. The van der Waals surface area contributed by atoms with Crippen LogP contribution in [-0.2, 0) is 10.0 Å². The van der Waals surface area contributed by atoms with Gasteiger partial charge < -0.3 is 5.73 Å². The summed E-state index contributed by atoms with van der Waals surface area (Å²) in [6.07, 6.45) is 0.671. The van der Waals surface area contributed by atoms with Crippen molar-refractivity contribution in [2.45, 2.75) is 38.1 Å². The van der Waals surface area contributed by atoms with E-state index in [4.69, 9.17) is 5.73 Å². The minimum atomic E-state index is -3.92. The molecule has 0 aliphatic carbocycles. The highest BCUT2D eigenvalue weighted by Crippen LogP contribution is 2.26. The Hall–Kier alpha value is -0.660. The zero-order valence-corrected chi connectivity index (χ0v) is 13.5. The second-order valence-corrected chi connectivity index (χ2v) is 7.50. The zero-order valence-electron chi connectivity index (χ0n) is 11.1. The van der Waals surface area contributed by atoms with Crippen LogP contribution >= 0.6 is 15.9 Å². The van der Waals surface area contributed by atoms with Crippen LogP contribution in [0.3, 0.4) is 0 Å². The van der Waals surface area contributed by atoms with Crippen LogP contribution in [0, 0.1) is 11.7 Å². The smallest absolute Gasteiger partial charge is 0.243 e. The van der Waals surface area contributed by atoms with E-state index in [1.54, 1.807) is 6.92 Å². The van der Waals surface area contributed by atoms with E-state index in [9.17, 15) is 12.8 Å². The highest BCUT2D eigenvalue weighted by Gasteiger charge is 2.23. The van der Waals surface area contributed by atoms with Gasteiger partial charge in [-0.15, -0.1) is 0 Å². The number of rotatable bonds is 5. The predicted molar refractivity (Wildman–Crippen MR) is 77.8 cm³/mol. The van der Waals surface area contributed by atoms with Gasteiger partial charge >= 0.3 is 0 Å². The van der Waals surface area contributed by atoms with Gasteiger partial charge in [0.15, 0.2) is 5.82 Å². The number of hydrogen-bond acceptors (Lipinski definition) is 3. The van der Waals surface area contributed by atoms with Crippen LogP contribution in [0.25, 0.3) is 0 Å². The maximum Gasteiger partial charge on any atom is 0.243 e. The highest BCUT2D eigenvalue weighted by molar-refractivity contribution is 9.10. The van der Waals surface area contributed by atoms with E-state index in [0.29, 0.717) is 12.3 Å². The van der Waals surface area contributed by atoms with Crippen molar-refractivity contribution in [1.82, 2.24) is 4.72 Å². The molecule has 19 heavy (non-hydrogen) atoms. The van der Waals surface area contributed by atoms with Crippen LogP contribution in [0.5, 0.6) is 0 Å². The number of hydrogen-bond donors (Lipinski definition) is 2. The standard InChI is InChI=1S/C12H18BrFN2O2S/c1-7(2)4-8(3)16-19(17,18)11-6-9(15)5-10(13)12(11)14/h5-8,16H,4,15H2,1-3H3. The molecule has 1 aromatic rings. The number of nitrogen functional groups attached to an aromatic ring is 1. The summed E-state index contributed by atoms with van der Waals surface area (Å²) in [4.78, 5) is -0.435. The molecule has 1 rings (SSSR count). The van der Waals surface area contributed by atoms with E-state index >= 15 is 0 Å². The van der Waals surface area contributed by atoms with Crippen LogP contribution < -0.4 is 10.5 Å². The molecule has 0 radical (unpaired) electrons. The van der Waals surface area contributed by atoms with Crippen molar-refractivity contribution in [3.05, 3.63) is 22.4 Å². The summed E-state index contributed by atoms with van der Waals surface area (Å²) >= 11 is 2.95. The maximum atomic E-state index is 13.9. The topological polar surface area (TPSA) is 72.2 Å². The Balaban J connectivity index is 3.07. The summed E-state index contributed by atoms with van der Waals surface area (Å²) in [5, 5.41) is 0. The third-order valence-corrected chi connectivity index (χ3v) is 4.65. The second-order valence-electron chi connectivity index (χ2n) is 4.97. The van der Waals surface area contributed by atoms with Gasteiger partial charge in [0.2, 0.25) is 10.0 Å². The lowest BCUT2D eigenvalue weighted by molar-refractivity contribution is 0.479. The fraction of sp³-hybridized carbons (Fsp3) is 0.500. The minimum Gasteiger partial charge on any atom is -0.399 e. The molecule has 4 nitrogen and oxygen atoms in total. The SMILES string of the molecule is CC(C)CC(C)NS(=O)(=O)c1cc(N)cc(Br)c1F. The first-order chi connectivity index (χ1) is 8.63. The predicted octanol–water partition coefficient (Wildman–Crippen LogP) is 2.88. The Labute approximate surface area is 121 Å². The van der Waals surface area contributed by atoms with Crippen molar-refractivity contribution in [3.63, 3.8) is 0 Å². The van der Waals surface area contributed by atoms with Crippen molar-refractivity contribution in [3.8, 4) is 0 Å². The van der Waals surface area contributed by atoms with Crippen LogP contribution in [0.4, 0.5) is 10.1 Å². The van der Waals surface area contributed by atoms with E-state index in [0.717, 1.165) is 6.07 Å². The van der Waals surface area contributed by atoms with Crippen molar-refractivity contribution < 1.29 is 12.8 Å². The molecule has 0 saturated carbocycles. The lowest BCUT2D eigenvalue weighted by Gasteiger charge is -2.17. The van der Waals surface area contributed by atoms with Gasteiger partial charge in [-0.05, 0) is 47.3 Å². The molecule has 0 heterocycles. The van der Waals surface area contributed by atoms with Crippen LogP contribution in [0.1, 0.15) is 27.2 Å². The minimum absolute atomic E-state index is 0.0318. The normalized spacial score (nSPS) is 13.8. The van der Waals surface area contributed by atoms with Gasteiger partial charge in [-0.1, -0.05) is 13.8 Å². The van der Waals surface area contributed by atoms with Gasteiger partial charge in [0, 0.05) is 11.7 Å². The fourth-order valence-electron chi connectivity index (χ4n) is 1.86. The first-order valence-corrected chi connectivity index (χ1v) is 8.18. The average molecular weight is 353 g/mol. The second kappa shape index (κ2) is 6.19. The summed E-state index contributed by atoms with van der Waals surface area (Å²) < 4.78 is 40.6. The Bertz CT molecular complexity index is 561. The largest absolute Gasteiger partial charge is 0.399 e. The molecule has 3 N–H and O–H groups in total. The van der Waals surface area contributed by atoms with Crippen molar-refractivity contribution in [2.24, 2.45) is 5.92 Å². The number of halogens is 2. The summed E-state index contributed by atoms with van der Waals surface area (Å²) in [5.74, 6) is -0.492. The molecular formula is C12H18BrFN2O2S. The maximum absolute atomic E-state index is 13.9. The number of sulfonamides is 1. The number of nitrogens with one attached hydrogen (secondary N) is 1. The first kappa shape index (κ1) is 16.4. The Morgan fingerprint density at radius 1 is 1.37 bits per heavy atom. The van der Waals surface area contributed by atoms with Crippen molar-refractivity contribution in [1.29, 1.82) is 0 Å². The molecule has 0 aromatic heterocycles. The molecule has 0 amide bonds. The van der Waals surface area contributed by atoms with Gasteiger partial charge in [0.1, 0.15) is 4.90 Å². The highest BCUT2D eigenvalue weighted by atomic mass is 79.9. The molecule has 0 aliphatic heterocycles. The lowest BCUT2D eigenvalue weighted by atomic mass is 10.1. The third kappa shape index (κ3) is 4.43. The number of anilines is 1.